The van der Waals surface area contributed by atoms with Gasteiger partial charge in [0.05, 0.1) is 23.6 Å². The molecule has 1 heterocycles. The van der Waals surface area contributed by atoms with Crippen molar-refractivity contribution in [2.24, 2.45) is 0 Å². The van der Waals surface area contributed by atoms with Crippen LogP contribution in [0.4, 0.5) is 0 Å². The first kappa shape index (κ1) is 28.8. The molecule has 0 aliphatic carbocycles. The Morgan fingerprint density at radius 2 is 1.73 bits per heavy atom. The Balaban J connectivity index is 1.33. The van der Waals surface area contributed by atoms with Crippen LogP contribution in [0.1, 0.15) is 48.5 Å². The lowest BCUT2D eigenvalue weighted by atomic mass is 9.96. The van der Waals surface area contributed by atoms with Gasteiger partial charge in [-0.25, -0.2) is 13.1 Å². The summed E-state index contributed by atoms with van der Waals surface area (Å²) >= 11 is 0. The SMILES string of the molecule is CCN(C)CCc1ccc2c(c1)C(NC(=O)CC(NS(=O)(=O)c1ccc3ccccc3c1)c1ccccc1)CCO2. The number of fused-ring (bicyclic) bond motifs is 2. The molecule has 1 aliphatic heterocycles. The second-order valence-electron chi connectivity index (χ2n) is 10.6. The van der Waals surface area contributed by atoms with E-state index in [4.69, 9.17) is 4.74 Å². The van der Waals surface area contributed by atoms with Crippen LogP contribution in [0.5, 0.6) is 5.75 Å². The van der Waals surface area contributed by atoms with Crippen LogP contribution in [-0.2, 0) is 21.2 Å². The van der Waals surface area contributed by atoms with E-state index in [1.807, 2.05) is 60.7 Å². The van der Waals surface area contributed by atoms with E-state index in [9.17, 15) is 13.2 Å². The topological polar surface area (TPSA) is 87.7 Å². The van der Waals surface area contributed by atoms with Crippen molar-refractivity contribution in [1.82, 2.24) is 14.9 Å². The van der Waals surface area contributed by atoms with Crippen molar-refractivity contribution in [2.75, 3.05) is 26.7 Å². The van der Waals surface area contributed by atoms with Crippen LogP contribution in [0.2, 0.25) is 0 Å². The highest BCUT2D eigenvalue weighted by Crippen LogP contribution is 2.33. The van der Waals surface area contributed by atoms with Gasteiger partial charge in [0.25, 0.3) is 0 Å². The van der Waals surface area contributed by atoms with Crippen molar-refractivity contribution in [3.8, 4) is 5.75 Å². The Morgan fingerprint density at radius 1 is 0.976 bits per heavy atom. The predicted molar refractivity (Wildman–Crippen MR) is 162 cm³/mol. The summed E-state index contributed by atoms with van der Waals surface area (Å²) in [6.07, 6.45) is 1.52. The van der Waals surface area contributed by atoms with Gasteiger partial charge in [0.2, 0.25) is 15.9 Å². The maximum absolute atomic E-state index is 13.5. The monoisotopic (exact) mass is 571 g/mol. The van der Waals surface area contributed by atoms with E-state index in [0.29, 0.717) is 13.0 Å². The molecule has 41 heavy (non-hydrogen) atoms. The van der Waals surface area contributed by atoms with Crippen molar-refractivity contribution in [1.29, 1.82) is 0 Å². The van der Waals surface area contributed by atoms with Crippen molar-refractivity contribution >= 4 is 26.7 Å². The number of hydrogen-bond acceptors (Lipinski definition) is 5. The predicted octanol–water partition coefficient (Wildman–Crippen LogP) is 5.38. The molecule has 4 aromatic rings. The molecule has 7 nitrogen and oxygen atoms in total. The summed E-state index contributed by atoms with van der Waals surface area (Å²) in [5.74, 6) is 0.555. The molecule has 0 saturated heterocycles. The zero-order chi connectivity index (χ0) is 28.8. The molecule has 1 amide bonds. The molecule has 0 fully saturated rings. The summed E-state index contributed by atoms with van der Waals surface area (Å²) in [4.78, 5) is 15.9. The van der Waals surface area contributed by atoms with Crippen molar-refractivity contribution in [3.05, 3.63) is 108 Å². The van der Waals surface area contributed by atoms with E-state index in [1.165, 1.54) is 5.56 Å². The van der Waals surface area contributed by atoms with Crippen LogP contribution in [0.15, 0.2) is 95.9 Å². The Bertz CT molecular complexity index is 1610. The van der Waals surface area contributed by atoms with Gasteiger partial charge < -0.3 is 15.0 Å². The molecule has 0 spiro atoms. The summed E-state index contributed by atoms with van der Waals surface area (Å²) < 4.78 is 35.7. The molecule has 1 aliphatic rings. The minimum absolute atomic E-state index is 0.0372. The van der Waals surface area contributed by atoms with E-state index in [0.717, 1.165) is 47.2 Å². The van der Waals surface area contributed by atoms with Gasteiger partial charge >= 0.3 is 0 Å². The number of rotatable bonds is 11. The third-order valence-electron chi connectivity index (χ3n) is 7.69. The molecule has 0 bridgehead atoms. The molecular weight excluding hydrogens is 534 g/mol. The van der Waals surface area contributed by atoms with Crippen molar-refractivity contribution in [2.45, 2.75) is 43.2 Å². The molecular formula is C33H37N3O4S. The highest BCUT2D eigenvalue weighted by atomic mass is 32.2. The second kappa shape index (κ2) is 12.9. The third kappa shape index (κ3) is 7.14. The molecule has 4 aromatic carbocycles. The maximum atomic E-state index is 13.5. The van der Waals surface area contributed by atoms with Gasteiger partial charge in [-0.1, -0.05) is 73.7 Å². The number of carbonyl (C=O) groups is 1. The normalized spacial score (nSPS) is 15.7. The smallest absolute Gasteiger partial charge is 0.241 e. The number of ether oxygens (including phenoxy) is 1. The van der Waals surface area contributed by atoms with Crippen LogP contribution in [0.3, 0.4) is 0 Å². The number of benzene rings is 4. The second-order valence-corrected chi connectivity index (χ2v) is 12.3. The van der Waals surface area contributed by atoms with Crippen molar-refractivity contribution in [3.63, 3.8) is 0 Å². The molecule has 0 saturated carbocycles. The van der Waals surface area contributed by atoms with Gasteiger partial charge in [0, 0.05) is 24.9 Å². The van der Waals surface area contributed by atoms with Gasteiger partial charge in [0.15, 0.2) is 0 Å². The first-order chi connectivity index (χ1) is 19.8. The number of sulfonamides is 1. The number of nitrogens with zero attached hydrogens (tertiary/aromatic N) is 1. The van der Waals surface area contributed by atoms with Crippen LogP contribution in [-0.4, -0.2) is 46.0 Å². The van der Waals surface area contributed by atoms with E-state index in [2.05, 4.69) is 41.0 Å². The van der Waals surface area contributed by atoms with E-state index >= 15 is 0 Å². The number of amides is 1. The van der Waals surface area contributed by atoms with Crippen LogP contribution in [0.25, 0.3) is 10.8 Å². The molecule has 8 heteroatoms. The summed E-state index contributed by atoms with van der Waals surface area (Å²) in [6.45, 7) is 4.58. The van der Waals surface area contributed by atoms with E-state index in [-0.39, 0.29) is 23.3 Å². The largest absolute Gasteiger partial charge is 0.493 e. The van der Waals surface area contributed by atoms with Gasteiger partial charge in [-0.2, -0.15) is 0 Å². The average molecular weight is 572 g/mol. The first-order valence-corrected chi connectivity index (χ1v) is 15.6. The molecule has 0 radical (unpaired) electrons. The van der Waals surface area contributed by atoms with Gasteiger partial charge in [-0.3, -0.25) is 4.79 Å². The van der Waals surface area contributed by atoms with Gasteiger partial charge in [-0.15, -0.1) is 0 Å². The minimum atomic E-state index is -3.90. The fourth-order valence-corrected chi connectivity index (χ4v) is 6.43. The Kier molecular flexibility index (Phi) is 9.03. The summed E-state index contributed by atoms with van der Waals surface area (Å²) in [7, 11) is -1.80. The standard InChI is InChI=1S/C33H37N3O4S/c1-3-36(2)19-17-24-13-16-32-29(21-24)30(18-20-40-32)34-33(37)23-31(26-10-5-4-6-11-26)35-41(38,39)28-15-14-25-9-7-8-12-27(25)22-28/h4-16,21-22,30-31,35H,3,17-20,23H2,1-2H3,(H,34,37). The van der Waals surface area contributed by atoms with E-state index in [1.54, 1.807) is 18.2 Å². The molecule has 0 aromatic heterocycles. The fraction of sp³-hybridized carbons (Fsp3) is 0.303. The molecule has 2 unspecified atom stereocenters. The Hall–Kier alpha value is -3.72. The van der Waals surface area contributed by atoms with Crippen molar-refractivity contribution < 1.29 is 17.9 Å². The summed E-state index contributed by atoms with van der Waals surface area (Å²) in [5, 5.41) is 4.96. The van der Waals surface area contributed by atoms with Crippen LogP contribution in [0, 0.1) is 0 Å². The zero-order valence-corrected chi connectivity index (χ0v) is 24.4. The number of carbonyl (C=O) groups excluding carboxylic acids is 1. The fourth-order valence-electron chi connectivity index (χ4n) is 5.17. The minimum Gasteiger partial charge on any atom is -0.493 e. The van der Waals surface area contributed by atoms with Crippen LogP contribution >= 0.6 is 0 Å². The average Bonchev–Trinajstić information content (AvgIpc) is 2.99. The lowest BCUT2D eigenvalue weighted by molar-refractivity contribution is -0.122. The van der Waals surface area contributed by atoms with E-state index < -0.39 is 16.1 Å². The Labute approximate surface area is 242 Å². The Morgan fingerprint density at radius 3 is 2.51 bits per heavy atom. The molecule has 214 valence electrons. The highest BCUT2D eigenvalue weighted by Gasteiger charge is 2.27. The third-order valence-corrected chi connectivity index (χ3v) is 9.16. The molecule has 2 atom stereocenters. The van der Waals surface area contributed by atoms with Crippen LogP contribution < -0.4 is 14.8 Å². The summed E-state index contributed by atoms with van der Waals surface area (Å²) in [5.41, 5.74) is 2.88. The number of nitrogens with one attached hydrogen (secondary N) is 2. The highest BCUT2D eigenvalue weighted by molar-refractivity contribution is 7.89. The lowest BCUT2D eigenvalue weighted by Crippen LogP contribution is -2.36. The lowest BCUT2D eigenvalue weighted by Gasteiger charge is -2.28. The summed E-state index contributed by atoms with van der Waals surface area (Å²) in [6, 6.07) is 27.2. The zero-order valence-electron chi connectivity index (χ0n) is 23.5. The van der Waals surface area contributed by atoms with Gasteiger partial charge in [0.1, 0.15) is 5.75 Å². The first-order valence-electron chi connectivity index (χ1n) is 14.1. The number of hydrogen-bond donors (Lipinski definition) is 2. The molecule has 5 rings (SSSR count). The quantitative estimate of drug-likeness (QED) is 0.252. The maximum Gasteiger partial charge on any atom is 0.241 e. The van der Waals surface area contributed by atoms with Gasteiger partial charge in [-0.05, 0) is 66.2 Å². The molecule has 2 N–H and O–H groups in total. The number of likely N-dealkylation sites (N-methyl/N-ethyl adjacent to an activating group) is 1.